The van der Waals surface area contributed by atoms with E-state index in [1.807, 2.05) is 31.5 Å². The van der Waals surface area contributed by atoms with Crippen LogP contribution in [0.3, 0.4) is 0 Å². The minimum Gasteiger partial charge on any atom is -0.496 e. The Kier molecular flexibility index (Phi) is 9.46. The lowest BCUT2D eigenvalue weighted by Gasteiger charge is -2.38. The summed E-state index contributed by atoms with van der Waals surface area (Å²) in [6, 6.07) is 16.4. The van der Waals surface area contributed by atoms with E-state index in [4.69, 9.17) is 28.1 Å². The zero-order valence-electron chi connectivity index (χ0n) is 22.9. The highest BCUT2D eigenvalue weighted by molar-refractivity contribution is 7.98. The molecule has 0 saturated heterocycles. The van der Waals surface area contributed by atoms with Gasteiger partial charge in [0.1, 0.15) is 22.3 Å². The molecule has 0 spiro atoms. The van der Waals surface area contributed by atoms with Crippen molar-refractivity contribution in [2.45, 2.75) is 49.2 Å². The summed E-state index contributed by atoms with van der Waals surface area (Å²) in [5.74, 6) is -0.956. The molecule has 0 N–H and O–H groups in total. The number of halogens is 4. The van der Waals surface area contributed by atoms with Crippen molar-refractivity contribution >= 4 is 62.5 Å². The lowest BCUT2D eigenvalue weighted by Crippen LogP contribution is -2.44. The number of rotatable bonds is 8. The second-order valence-electron chi connectivity index (χ2n) is 10.2. The monoisotopic (exact) mass is 634 g/mol. The van der Waals surface area contributed by atoms with Gasteiger partial charge in [0.25, 0.3) is 5.91 Å². The second kappa shape index (κ2) is 12.9. The minimum absolute atomic E-state index is 0.0408. The van der Waals surface area contributed by atoms with E-state index in [9.17, 15) is 13.6 Å². The summed E-state index contributed by atoms with van der Waals surface area (Å²) >= 11 is 15.4. The van der Waals surface area contributed by atoms with Gasteiger partial charge in [-0.15, -0.1) is 23.1 Å². The third-order valence-electron chi connectivity index (χ3n) is 7.79. The van der Waals surface area contributed by atoms with Gasteiger partial charge in [0.05, 0.1) is 22.2 Å². The maximum absolute atomic E-state index is 14.7. The third kappa shape index (κ3) is 6.22. The number of fused-ring (bicyclic) bond motifs is 1. The number of hydrogen-bond acceptors (Lipinski definition) is 5. The highest BCUT2D eigenvalue weighted by atomic mass is 35.5. The number of nitrogens with zero attached hydrogens (tertiary/aromatic N) is 2. The van der Waals surface area contributed by atoms with Crippen molar-refractivity contribution in [3.05, 3.63) is 81.7 Å². The lowest BCUT2D eigenvalue weighted by molar-refractivity contribution is 0.0589. The third-order valence-corrected chi connectivity index (χ3v) is 10.5. The maximum atomic E-state index is 14.7. The molecule has 1 aromatic heterocycles. The van der Waals surface area contributed by atoms with Crippen molar-refractivity contribution in [1.82, 2.24) is 9.32 Å². The first-order chi connectivity index (χ1) is 19.7. The molecule has 4 nitrogen and oxygen atoms in total. The lowest BCUT2D eigenvalue weighted by atomic mass is 9.89. The van der Waals surface area contributed by atoms with E-state index in [1.54, 1.807) is 28.2 Å². The first-order valence-electron chi connectivity index (χ1n) is 13.3. The average molecular weight is 636 g/mol. The Morgan fingerprint density at radius 3 is 2.24 bits per heavy atom. The molecule has 1 aliphatic carbocycles. The standard InChI is InChI=1S/C31H30Cl2F2N2O2S2/c1-36(33)21-7-9-22(10-8-21)37(31(38)30-28(32)27-24(34)13-14-25(35)29(27)41-30)17-20-16-19(6-15-26(20)39-2)18-4-11-23(40-3)12-5-18/h4-6,11-16,21-22H,7-10,17H2,1-3H3. The largest absolute Gasteiger partial charge is 0.496 e. The molecule has 0 radical (unpaired) electrons. The number of ether oxygens (including phenoxy) is 1. The van der Waals surface area contributed by atoms with Gasteiger partial charge in [-0.05, 0) is 91.2 Å². The van der Waals surface area contributed by atoms with Crippen molar-refractivity contribution in [3.63, 3.8) is 0 Å². The molecule has 1 aliphatic rings. The van der Waals surface area contributed by atoms with E-state index in [2.05, 4.69) is 24.3 Å². The molecule has 4 aromatic rings. The number of benzene rings is 3. The summed E-state index contributed by atoms with van der Waals surface area (Å²) in [5, 5.41) is -0.110. The molecular weight excluding hydrogens is 605 g/mol. The van der Waals surface area contributed by atoms with Crippen LogP contribution in [0, 0.1) is 11.6 Å². The van der Waals surface area contributed by atoms with E-state index >= 15 is 0 Å². The average Bonchev–Trinajstić information content (AvgIpc) is 3.35. The molecule has 1 heterocycles. The van der Waals surface area contributed by atoms with Gasteiger partial charge in [-0.3, -0.25) is 4.79 Å². The molecule has 1 amide bonds. The quantitative estimate of drug-likeness (QED) is 0.143. The van der Waals surface area contributed by atoms with E-state index in [1.165, 1.54) is 4.90 Å². The number of thioether (sulfide) groups is 1. The van der Waals surface area contributed by atoms with Crippen molar-refractivity contribution in [2.75, 3.05) is 20.4 Å². The predicted molar refractivity (Wildman–Crippen MR) is 166 cm³/mol. The van der Waals surface area contributed by atoms with Crippen LogP contribution in [0.2, 0.25) is 5.02 Å². The number of methoxy groups -OCH3 is 1. The van der Waals surface area contributed by atoms with Gasteiger partial charge in [0.2, 0.25) is 0 Å². The Morgan fingerprint density at radius 2 is 1.63 bits per heavy atom. The molecule has 0 aliphatic heterocycles. The van der Waals surface area contributed by atoms with E-state index in [0.717, 1.165) is 65.8 Å². The summed E-state index contributed by atoms with van der Waals surface area (Å²) in [5.41, 5.74) is 2.88. The number of thiophene rings is 1. The topological polar surface area (TPSA) is 32.8 Å². The van der Waals surface area contributed by atoms with Gasteiger partial charge in [-0.25, -0.2) is 13.2 Å². The van der Waals surface area contributed by atoms with Crippen LogP contribution >= 0.6 is 46.5 Å². The maximum Gasteiger partial charge on any atom is 0.266 e. The van der Waals surface area contributed by atoms with Gasteiger partial charge in [-0.1, -0.05) is 29.8 Å². The fraction of sp³-hybridized carbons (Fsp3) is 0.323. The highest BCUT2D eigenvalue weighted by Crippen LogP contribution is 2.41. The predicted octanol–water partition coefficient (Wildman–Crippen LogP) is 9.27. The van der Waals surface area contributed by atoms with Gasteiger partial charge in [0, 0.05) is 36.1 Å². The Labute approximate surface area is 257 Å². The molecule has 10 heteroatoms. The SMILES string of the molecule is COc1ccc(-c2ccc(SC)cc2)cc1CN(C(=O)c1sc2c(F)ccc(F)c2c1Cl)C1CCC(N(C)Cl)CC1. The Balaban J connectivity index is 1.54. The summed E-state index contributed by atoms with van der Waals surface area (Å²) in [6.07, 6.45) is 5.14. The molecule has 0 atom stereocenters. The Hall–Kier alpha value is -2.36. The number of carbonyl (C=O) groups is 1. The molecule has 0 unspecified atom stereocenters. The summed E-state index contributed by atoms with van der Waals surface area (Å²) < 4.78 is 36.7. The van der Waals surface area contributed by atoms with Gasteiger partial charge in [-0.2, -0.15) is 0 Å². The van der Waals surface area contributed by atoms with Crippen LogP contribution in [0.1, 0.15) is 40.9 Å². The molecule has 5 rings (SSSR count). The molecule has 216 valence electrons. The van der Waals surface area contributed by atoms with E-state index in [0.29, 0.717) is 5.75 Å². The first kappa shape index (κ1) is 30.1. The van der Waals surface area contributed by atoms with Crippen LogP contribution in [0.25, 0.3) is 21.2 Å². The van der Waals surface area contributed by atoms with Crippen LogP contribution in [0.5, 0.6) is 5.75 Å². The van der Waals surface area contributed by atoms with Crippen molar-refractivity contribution in [1.29, 1.82) is 0 Å². The van der Waals surface area contributed by atoms with Gasteiger partial charge in [0.15, 0.2) is 0 Å². The van der Waals surface area contributed by atoms with E-state index in [-0.39, 0.29) is 44.5 Å². The second-order valence-corrected chi connectivity index (χ2v) is 13.0. The van der Waals surface area contributed by atoms with Crippen molar-refractivity contribution < 1.29 is 18.3 Å². The fourth-order valence-corrected chi connectivity index (χ4v) is 7.62. The van der Waals surface area contributed by atoms with Crippen LogP contribution in [-0.2, 0) is 6.54 Å². The van der Waals surface area contributed by atoms with Gasteiger partial charge < -0.3 is 9.64 Å². The van der Waals surface area contributed by atoms with Crippen LogP contribution < -0.4 is 4.74 Å². The van der Waals surface area contributed by atoms with Crippen LogP contribution in [0.15, 0.2) is 59.5 Å². The summed E-state index contributed by atoms with van der Waals surface area (Å²) in [7, 11) is 3.45. The summed E-state index contributed by atoms with van der Waals surface area (Å²) in [6.45, 7) is 0.250. The van der Waals surface area contributed by atoms with Gasteiger partial charge >= 0.3 is 0 Å². The summed E-state index contributed by atoms with van der Waals surface area (Å²) in [4.78, 5) is 17.3. The van der Waals surface area contributed by atoms with Crippen molar-refractivity contribution in [3.8, 4) is 16.9 Å². The Bertz CT molecular complexity index is 1550. The number of amides is 1. The molecular formula is C31H30Cl2F2N2O2S2. The molecule has 41 heavy (non-hydrogen) atoms. The van der Waals surface area contributed by atoms with Crippen LogP contribution in [0.4, 0.5) is 8.78 Å². The van der Waals surface area contributed by atoms with Crippen LogP contribution in [-0.4, -0.2) is 47.7 Å². The molecule has 1 fully saturated rings. The fourth-order valence-electron chi connectivity index (χ4n) is 5.51. The van der Waals surface area contributed by atoms with Crippen molar-refractivity contribution in [2.24, 2.45) is 0 Å². The Morgan fingerprint density at radius 1 is 1.00 bits per heavy atom. The zero-order valence-corrected chi connectivity index (χ0v) is 26.1. The smallest absolute Gasteiger partial charge is 0.266 e. The number of carbonyl (C=O) groups excluding carboxylic acids is 1. The molecule has 1 saturated carbocycles. The number of hydrogen-bond donors (Lipinski definition) is 0. The zero-order chi connectivity index (χ0) is 29.3. The normalized spacial score (nSPS) is 17.3. The first-order valence-corrected chi connectivity index (χ1v) is 16.0. The molecule has 0 bridgehead atoms. The minimum atomic E-state index is -0.652. The van der Waals surface area contributed by atoms with E-state index < -0.39 is 11.6 Å². The highest BCUT2D eigenvalue weighted by Gasteiger charge is 2.34. The molecule has 3 aromatic carbocycles.